The maximum absolute atomic E-state index is 12.6. The van der Waals surface area contributed by atoms with Gasteiger partial charge in [0.05, 0.1) is 7.11 Å². The second kappa shape index (κ2) is 8.49. The molecule has 146 valence electrons. The standard InChI is InChI=1S/C24H23N3O2/c1-16-7-5-6-8-23(16)26-24(28)20(15-25)14-19-13-17(2)27(18(19)3)21-9-11-22(29-4)12-10-21/h5-14H,1-4H3,(H,26,28)/b20-14-. The van der Waals surface area contributed by atoms with Crippen molar-refractivity contribution in [3.05, 3.63) is 82.7 Å². The molecule has 0 radical (unpaired) electrons. The highest BCUT2D eigenvalue weighted by Gasteiger charge is 2.14. The minimum atomic E-state index is -0.420. The average molecular weight is 385 g/mol. The number of nitrogens with zero attached hydrogens (tertiary/aromatic N) is 2. The van der Waals surface area contributed by atoms with E-state index in [9.17, 15) is 10.1 Å². The van der Waals surface area contributed by atoms with Crippen LogP contribution in [0, 0.1) is 32.1 Å². The predicted molar refractivity (Wildman–Crippen MR) is 115 cm³/mol. The molecule has 0 saturated heterocycles. The Hall–Kier alpha value is -3.78. The number of aromatic nitrogens is 1. The molecular formula is C24H23N3O2. The number of amides is 1. The Morgan fingerprint density at radius 3 is 2.41 bits per heavy atom. The predicted octanol–water partition coefficient (Wildman–Crippen LogP) is 4.96. The maximum Gasteiger partial charge on any atom is 0.266 e. The third-order valence-corrected chi connectivity index (χ3v) is 4.86. The highest BCUT2D eigenvalue weighted by atomic mass is 16.5. The zero-order chi connectivity index (χ0) is 21.0. The third-order valence-electron chi connectivity index (χ3n) is 4.86. The van der Waals surface area contributed by atoms with Crippen LogP contribution in [0.5, 0.6) is 5.75 Å². The molecule has 29 heavy (non-hydrogen) atoms. The summed E-state index contributed by atoms with van der Waals surface area (Å²) in [5.41, 5.74) is 5.47. The number of carbonyl (C=O) groups is 1. The molecule has 0 unspecified atom stereocenters. The zero-order valence-corrected chi connectivity index (χ0v) is 17.0. The fourth-order valence-electron chi connectivity index (χ4n) is 3.27. The zero-order valence-electron chi connectivity index (χ0n) is 17.0. The van der Waals surface area contributed by atoms with Crippen LogP contribution in [0.25, 0.3) is 11.8 Å². The van der Waals surface area contributed by atoms with Gasteiger partial charge >= 0.3 is 0 Å². The van der Waals surface area contributed by atoms with Crippen molar-refractivity contribution in [1.82, 2.24) is 4.57 Å². The maximum atomic E-state index is 12.6. The van der Waals surface area contributed by atoms with Gasteiger partial charge in [0.2, 0.25) is 0 Å². The average Bonchev–Trinajstić information content (AvgIpc) is 3.00. The number of nitriles is 1. The summed E-state index contributed by atoms with van der Waals surface area (Å²) >= 11 is 0. The Balaban J connectivity index is 1.93. The van der Waals surface area contributed by atoms with E-state index >= 15 is 0 Å². The molecule has 0 aliphatic heterocycles. The van der Waals surface area contributed by atoms with E-state index in [4.69, 9.17) is 4.74 Å². The van der Waals surface area contributed by atoms with Crippen LogP contribution in [0.15, 0.2) is 60.2 Å². The molecule has 3 rings (SSSR count). The molecule has 5 nitrogen and oxygen atoms in total. The molecular weight excluding hydrogens is 362 g/mol. The van der Waals surface area contributed by atoms with Crippen LogP contribution in [0.2, 0.25) is 0 Å². The van der Waals surface area contributed by atoms with Crippen LogP contribution in [0.3, 0.4) is 0 Å². The van der Waals surface area contributed by atoms with Gasteiger partial charge in [-0.1, -0.05) is 18.2 Å². The summed E-state index contributed by atoms with van der Waals surface area (Å²) in [6.45, 7) is 5.87. The molecule has 0 saturated carbocycles. The number of para-hydroxylation sites is 1. The molecule has 1 heterocycles. The fourth-order valence-corrected chi connectivity index (χ4v) is 3.27. The first kappa shape index (κ1) is 20.0. The van der Waals surface area contributed by atoms with E-state index in [0.717, 1.165) is 34.0 Å². The quantitative estimate of drug-likeness (QED) is 0.499. The van der Waals surface area contributed by atoms with Crippen molar-refractivity contribution in [2.24, 2.45) is 0 Å². The van der Waals surface area contributed by atoms with Crippen molar-refractivity contribution in [2.45, 2.75) is 20.8 Å². The number of methoxy groups -OCH3 is 1. The van der Waals surface area contributed by atoms with Gasteiger partial charge in [0, 0.05) is 22.8 Å². The summed E-state index contributed by atoms with van der Waals surface area (Å²) in [7, 11) is 1.63. The van der Waals surface area contributed by atoms with Crippen molar-refractivity contribution in [1.29, 1.82) is 5.26 Å². The summed E-state index contributed by atoms with van der Waals surface area (Å²) in [6, 6.07) is 19.2. The van der Waals surface area contributed by atoms with E-state index in [1.165, 1.54) is 0 Å². The lowest BCUT2D eigenvalue weighted by Crippen LogP contribution is -2.14. The molecule has 5 heteroatoms. The minimum absolute atomic E-state index is 0.0585. The van der Waals surface area contributed by atoms with E-state index in [2.05, 4.69) is 9.88 Å². The van der Waals surface area contributed by atoms with E-state index in [-0.39, 0.29) is 5.57 Å². The molecule has 0 bridgehead atoms. The minimum Gasteiger partial charge on any atom is -0.497 e. The van der Waals surface area contributed by atoms with Crippen LogP contribution in [-0.4, -0.2) is 17.6 Å². The van der Waals surface area contributed by atoms with Crippen molar-refractivity contribution in [3.63, 3.8) is 0 Å². The number of hydrogen-bond acceptors (Lipinski definition) is 3. The topological polar surface area (TPSA) is 67.0 Å². The normalized spacial score (nSPS) is 11.1. The molecule has 1 aromatic heterocycles. The second-order valence-corrected chi connectivity index (χ2v) is 6.80. The second-order valence-electron chi connectivity index (χ2n) is 6.80. The lowest BCUT2D eigenvalue weighted by atomic mass is 10.1. The van der Waals surface area contributed by atoms with Crippen LogP contribution in [-0.2, 0) is 4.79 Å². The van der Waals surface area contributed by atoms with Crippen molar-refractivity contribution in [2.75, 3.05) is 12.4 Å². The highest BCUT2D eigenvalue weighted by molar-refractivity contribution is 6.10. The summed E-state index contributed by atoms with van der Waals surface area (Å²) in [6.07, 6.45) is 1.63. The highest BCUT2D eigenvalue weighted by Crippen LogP contribution is 2.24. The Labute approximate surface area is 170 Å². The Morgan fingerprint density at radius 1 is 1.10 bits per heavy atom. The van der Waals surface area contributed by atoms with Gasteiger partial charge < -0.3 is 14.6 Å². The van der Waals surface area contributed by atoms with Crippen molar-refractivity contribution < 1.29 is 9.53 Å². The van der Waals surface area contributed by atoms with Crippen LogP contribution < -0.4 is 10.1 Å². The van der Waals surface area contributed by atoms with Crippen LogP contribution in [0.4, 0.5) is 5.69 Å². The molecule has 0 atom stereocenters. The summed E-state index contributed by atoms with van der Waals surface area (Å²) in [5, 5.41) is 12.4. The van der Waals surface area contributed by atoms with Crippen molar-refractivity contribution >= 4 is 17.7 Å². The SMILES string of the molecule is COc1ccc(-n2c(C)cc(/C=C(/C#N)C(=O)Nc3ccccc3C)c2C)cc1. The molecule has 2 aromatic carbocycles. The number of aryl methyl sites for hydroxylation is 2. The molecule has 1 N–H and O–H groups in total. The number of ether oxygens (including phenoxy) is 1. The Bertz CT molecular complexity index is 1120. The summed E-state index contributed by atoms with van der Waals surface area (Å²) in [5.74, 6) is 0.368. The lowest BCUT2D eigenvalue weighted by molar-refractivity contribution is -0.112. The number of rotatable bonds is 5. The molecule has 0 aliphatic carbocycles. The van der Waals surface area contributed by atoms with Gasteiger partial charge in [-0.05, 0) is 74.4 Å². The smallest absolute Gasteiger partial charge is 0.266 e. The van der Waals surface area contributed by atoms with E-state index in [0.29, 0.717) is 5.69 Å². The molecule has 0 spiro atoms. The number of nitrogens with one attached hydrogen (secondary N) is 1. The van der Waals surface area contributed by atoms with Gasteiger partial charge in [-0.15, -0.1) is 0 Å². The lowest BCUT2D eigenvalue weighted by Gasteiger charge is -2.10. The van der Waals surface area contributed by atoms with Gasteiger partial charge in [-0.25, -0.2) is 0 Å². The first-order chi connectivity index (χ1) is 13.9. The first-order valence-electron chi connectivity index (χ1n) is 9.26. The van der Waals surface area contributed by atoms with E-state index < -0.39 is 5.91 Å². The number of anilines is 1. The van der Waals surface area contributed by atoms with Gasteiger partial charge in [0.25, 0.3) is 5.91 Å². The molecule has 3 aromatic rings. The van der Waals surface area contributed by atoms with Crippen molar-refractivity contribution in [3.8, 4) is 17.5 Å². The molecule has 1 amide bonds. The van der Waals surface area contributed by atoms with E-state index in [1.54, 1.807) is 13.2 Å². The Morgan fingerprint density at radius 2 is 1.79 bits per heavy atom. The van der Waals surface area contributed by atoms with Gasteiger partial charge in [0.1, 0.15) is 17.4 Å². The monoisotopic (exact) mass is 385 g/mol. The first-order valence-corrected chi connectivity index (χ1v) is 9.26. The molecule has 0 fully saturated rings. The number of carbonyl (C=O) groups excluding carboxylic acids is 1. The van der Waals surface area contributed by atoms with Gasteiger partial charge in [0.15, 0.2) is 0 Å². The summed E-state index contributed by atoms with van der Waals surface area (Å²) < 4.78 is 7.31. The number of benzene rings is 2. The Kier molecular flexibility index (Phi) is 5.85. The summed E-state index contributed by atoms with van der Waals surface area (Å²) in [4.78, 5) is 12.6. The van der Waals surface area contributed by atoms with E-state index in [1.807, 2.05) is 81.4 Å². The third kappa shape index (κ3) is 4.22. The molecule has 0 aliphatic rings. The van der Waals surface area contributed by atoms with Gasteiger partial charge in [-0.2, -0.15) is 5.26 Å². The fraction of sp³-hybridized carbons (Fsp3) is 0.167. The number of hydrogen-bond donors (Lipinski definition) is 1. The van der Waals surface area contributed by atoms with Gasteiger partial charge in [-0.3, -0.25) is 4.79 Å². The van der Waals surface area contributed by atoms with Crippen LogP contribution in [0.1, 0.15) is 22.5 Å². The van der Waals surface area contributed by atoms with Crippen LogP contribution >= 0.6 is 0 Å². The largest absolute Gasteiger partial charge is 0.497 e.